The van der Waals surface area contributed by atoms with Crippen LogP contribution in [0.1, 0.15) is 12.8 Å². The van der Waals surface area contributed by atoms with E-state index in [-0.39, 0.29) is 18.1 Å². The van der Waals surface area contributed by atoms with Crippen LogP contribution in [0.5, 0.6) is 0 Å². The molecule has 20 heavy (non-hydrogen) atoms. The predicted octanol–water partition coefficient (Wildman–Crippen LogP) is -0.114. The van der Waals surface area contributed by atoms with Crippen LogP contribution in [-0.2, 0) is 9.53 Å². The zero-order valence-electron chi connectivity index (χ0n) is 11.6. The highest BCUT2D eigenvalue weighted by atomic mass is 16.5. The van der Waals surface area contributed by atoms with Crippen molar-refractivity contribution >= 4 is 17.7 Å². The van der Waals surface area contributed by atoms with Crippen molar-refractivity contribution in [2.24, 2.45) is 0 Å². The van der Waals surface area contributed by atoms with Crippen LogP contribution in [0.3, 0.4) is 0 Å². The van der Waals surface area contributed by atoms with Gasteiger partial charge in [0.1, 0.15) is 12.4 Å². The molecule has 0 aromatic carbocycles. The number of carbonyl (C=O) groups excluding carboxylic acids is 1. The average Bonchev–Trinajstić information content (AvgIpc) is 2.44. The van der Waals surface area contributed by atoms with E-state index < -0.39 is 0 Å². The van der Waals surface area contributed by atoms with Gasteiger partial charge in [-0.05, 0) is 18.9 Å². The van der Waals surface area contributed by atoms with Crippen molar-refractivity contribution in [1.82, 2.24) is 14.9 Å². The lowest BCUT2D eigenvalue weighted by molar-refractivity contribution is -0.164. The zero-order valence-corrected chi connectivity index (χ0v) is 11.6. The molecule has 0 radical (unpaired) electrons. The maximum Gasteiger partial charge on any atom is 0.248 e. The van der Waals surface area contributed by atoms with Gasteiger partial charge in [0.2, 0.25) is 11.9 Å². The molecule has 7 heteroatoms. The largest absolute Gasteiger partial charge is 0.384 e. The van der Waals surface area contributed by atoms with Crippen LogP contribution in [0.25, 0.3) is 0 Å². The summed E-state index contributed by atoms with van der Waals surface area (Å²) in [6, 6.07) is 1.68. The van der Waals surface area contributed by atoms with E-state index in [0.717, 1.165) is 25.9 Å². The maximum atomic E-state index is 11.5. The molecule has 2 aliphatic heterocycles. The first-order chi connectivity index (χ1) is 9.58. The van der Waals surface area contributed by atoms with Crippen molar-refractivity contribution in [1.29, 1.82) is 0 Å². The average molecular weight is 277 g/mol. The van der Waals surface area contributed by atoms with Crippen molar-refractivity contribution < 1.29 is 9.53 Å². The first-order valence-corrected chi connectivity index (χ1v) is 6.79. The molecule has 0 aliphatic carbocycles. The highest BCUT2D eigenvalue weighted by Crippen LogP contribution is 2.31. The summed E-state index contributed by atoms with van der Waals surface area (Å²) in [4.78, 5) is 23.9. The van der Waals surface area contributed by atoms with Gasteiger partial charge in [0.15, 0.2) is 0 Å². The molecule has 0 atom stereocenters. The number of carbonyl (C=O) groups is 1. The van der Waals surface area contributed by atoms with Crippen molar-refractivity contribution in [3.8, 4) is 0 Å². The quantitative estimate of drug-likeness (QED) is 0.771. The maximum absolute atomic E-state index is 11.5. The SMILES string of the molecule is CN1CC2(CCN(c3nccc(N)n3)CC2)OCC1=O. The molecule has 2 N–H and O–H groups in total. The Morgan fingerprint density at radius 2 is 2.15 bits per heavy atom. The number of ether oxygens (including phenoxy) is 1. The van der Waals surface area contributed by atoms with Gasteiger partial charge >= 0.3 is 0 Å². The Kier molecular flexibility index (Phi) is 3.21. The van der Waals surface area contributed by atoms with Crippen LogP contribution in [0.15, 0.2) is 12.3 Å². The Morgan fingerprint density at radius 1 is 1.40 bits per heavy atom. The molecule has 2 aliphatic rings. The lowest BCUT2D eigenvalue weighted by Gasteiger charge is -2.46. The summed E-state index contributed by atoms with van der Waals surface area (Å²) in [7, 11) is 1.83. The van der Waals surface area contributed by atoms with E-state index in [1.54, 1.807) is 17.2 Å². The minimum absolute atomic E-state index is 0.0530. The van der Waals surface area contributed by atoms with Crippen molar-refractivity contribution in [3.05, 3.63) is 12.3 Å². The monoisotopic (exact) mass is 277 g/mol. The fraction of sp³-hybridized carbons (Fsp3) is 0.615. The first kappa shape index (κ1) is 13.1. The van der Waals surface area contributed by atoms with Gasteiger partial charge in [-0.3, -0.25) is 4.79 Å². The molecule has 0 bridgehead atoms. The summed E-state index contributed by atoms with van der Waals surface area (Å²) in [6.07, 6.45) is 3.40. The van der Waals surface area contributed by atoms with E-state index in [2.05, 4.69) is 14.9 Å². The highest BCUT2D eigenvalue weighted by molar-refractivity contribution is 5.78. The summed E-state index contributed by atoms with van der Waals surface area (Å²) < 4.78 is 5.81. The highest BCUT2D eigenvalue weighted by Gasteiger charge is 2.41. The molecule has 2 fully saturated rings. The topological polar surface area (TPSA) is 84.6 Å². The van der Waals surface area contributed by atoms with E-state index in [9.17, 15) is 4.79 Å². The van der Waals surface area contributed by atoms with Crippen LogP contribution in [0.2, 0.25) is 0 Å². The van der Waals surface area contributed by atoms with E-state index in [1.165, 1.54) is 0 Å². The van der Waals surface area contributed by atoms with Gasteiger partial charge in [0.05, 0.1) is 5.60 Å². The Morgan fingerprint density at radius 3 is 2.80 bits per heavy atom. The molecule has 0 unspecified atom stereocenters. The number of likely N-dealkylation sites (N-methyl/N-ethyl adjacent to an activating group) is 1. The van der Waals surface area contributed by atoms with Crippen LogP contribution in [0, 0.1) is 0 Å². The number of amides is 1. The Labute approximate surface area is 117 Å². The third-order valence-electron chi connectivity index (χ3n) is 4.07. The fourth-order valence-corrected chi connectivity index (χ4v) is 2.82. The normalized spacial score (nSPS) is 22.4. The van der Waals surface area contributed by atoms with Gasteiger partial charge < -0.3 is 20.3 Å². The number of anilines is 2. The standard InChI is InChI=1S/C13H19N5O2/c1-17-9-13(20-8-11(17)19)3-6-18(7-4-13)12-15-5-2-10(14)16-12/h2,5H,3-4,6-9H2,1H3,(H2,14,15,16). The molecule has 1 aromatic rings. The van der Waals surface area contributed by atoms with Crippen LogP contribution < -0.4 is 10.6 Å². The second-order valence-electron chi connectivity index (χ2n) is 5.49. The van der Waals surface area contributed by atoms with Gasteiger partial charge in [0, 0.05) is 32.9 Å². The van der Waals surface area contributed by atoms with Crippen molar-refractivity contribution in [2.75, 3.05) is 43.9 Å². The molecule has 3 rings (SSSR count). The minimum Gasteiger partial charge on any atom is -0.384 e. The number of rotatable bonds is 1. The number of morpholine rings is 1. The number of nitrogens with two attached hydrogens (primary N) is 1. The molecule has 1 aromatic heterocycles. The number of nitrogens with zero attached hydrogens (tertiary/aromatic N) is 4. The lowest BCUT2D eigenvalue weighted by atomic mass is 9.89. The molecule has 1 spiro atoms. The van der Waals surface area contributed by atoms with E-state index in [4.69, 9.17) is 10.5 Å². The van der Waals surface area contributed by atoms with E-state index >= 15 is 0 Å². The number of hydrogen-bond acceptors (Lipinski definition) is 6. The number of piperidine rings is 1. The van der Waals surface area contributed by atoms with Crippen LogP contribution >= 0.6 is 0 Å². The van der Waals surface area contributed by atoms with E-state index in [0.29, 0.717) is 18.3 Å². The van der Waals surface area contributed by atoms with Gasteiger partial charge in [-0.1, -0.05) is 0 Å². The molecule has 2 saturated heterocycles. The number of nitrogen functional groups attached to an aromatic ring is 1. The third-order valence-corrected chi connectivity index (χ3v) is 4.07. The Bertz CT molecular complexity index is 513. The van der Waals surface area contributed by atoms with Crippen molar-refractivity contribution in [3.63, 3.8) is 0 Å². The molecule has 108 valence electrons. The molecular formula is C13H19N5O2. The first-order valence-electron chi connectivity index (χ1n) is 6.79. The summed E-state index contributed by atoms with van der Waals surface area (Å²) in [5.74, 6) is 1.20. The fourth-order valence-electron chi connectivity index (χ4n) is 2.82. The summed E-state index contributed by atoms with van der Waals surface area (Å²) in [5.41, 5.74) is 5.48. The van der Waals surface area contributed by atoms with Gasteiger partial charge in [0.25, 0.3) is 0 Å². The van der Waals surface area contributed by atoms with Gasteiger partial charge in [-0.25, -0.2) is 4.98 Å². The van der Waals surface area contributed by atoms with E-state index in [1.807, 2.05) is 7.05 Å². The van der Waals surface area contributed by atoms with Gasteiger partial charge in [-0.15, -0.1) is 0 Å². The summed E-state index contributed by atoms with van der Waals surface area (Å²) in [5, 5.41) is 0. The van der Waals surface area contributed by atoms with Gasteiger partial charge in [-0.2, -0.15) is 4.98 Å². The number of aromatic nitrogens is 2. The smallest absolute Gasteiger partial charge is 0.248 e. The summed E-state index contributed by atoms with van der Waals surface area (Å²) >= 11 is 0. The molecule has 1 amide bonds. The third kappa shape index (κ3) is 2.40. The van der Waals surface area contributed by atoms with Crippen LogP contribution in [-0.4, -0.2) is 59.7 Å². The lowest BCUT2D eigenvalue weighted by Crippen LogP contribution is -2.57. The second-order valence-corrected chi connectivity index (χ2v) is 5.49. The Balaban J connectivity index is 1.66. The minimum atomic E-state index is -0.209. The molecule has 3 heterocycles. The molecular weight excluding hydrogens is 258 g/mol. The predicted molar refractivity (Wildman–Crippen MR) is 74.2 cm³/mol. The second kappa shape index (κ2) is 4.90. The van der Waals surface area contributed by atoms with Crippen LogP contribution in [0.4, 0.5) is 11.8 Å². The van der Waals surface area contributed by atoms with Crippen molar-refractivity contribution in [2.45, 2.75) is 18.4 Å². The molecule has 7 nitrogen and oxygen atoms in total. The number of hydrogen-bond donors (Lipinski definition) is 1. The zero-order chi connectivity index (χ0) is 14.2. The molecule has 0 saturated carbocycles. The Hall–Kier alpha value is -1.89. The summed E-state index contributed by atoms with van der Waals surface area (Å²) in [6.45, 7) is 2.47.